The fourth-order valence-electron chi connectivity index (χ4n) is 2.35. The minimum atomic E-state index is 0.294. The van der Waals surface area contributed by atoms with Crippen LogP contribution in [0.25, 0.3) is 0 Å². The van der Waals surface area contributed by atoms with Gasteiger partial charge in [0.15, 0.2) is 5.78 Å². The van der Waals surface area contributed by atoms with Crippen LogP contribution in [0, 0.1) is 5.92 Å². The number of benzene rings is 1. The Kier molecular flexibility index (Phi) is 6.61. The molecule has 0 fully saturated rings. The molecule has 0 aliphatic carbocycles. The number of Topliss-reactive ketones (excluding diaryl/α,β-unsaturated/α-hetero) is 1. The molecule has 0 unspecified atom stereocenters. The lowest BCUT2D eigenvalue weighted by Crippen LogP contribution is -2.05. The zero-order chi connectivity index (χ0) is 12.5. The quantitative estimate of drug-likeness (QED) is 0.585. The Morgan fingerprint density at radius 3 is 2.12 bits per heavy atom. The molecule has 0 spiro atoms. The van der Waals surface area contributed by atoms with Crippen LogP contribution in [-0.2, 0) is 0 Å². The minimum absolute atomic E-state index is 0.294. The highest BCUT2D eigenvalue weighted by molar-refractivity contribution is 5.95. The molecule has 1 rings (SSSR count). The summed E-state index contributed by atoms with van der Waals surface area (Å²) < 4.78 is 0. The third-order valence-electron chi connectivity index (χ3n) is 3.27. The molecule has 1 aromatic rings. The molecule has 0 heterocycles. The molecule has 17 heavy (non-hydrogen) atoms. The fraction of sp³-hybridized carbons (Fsp3) is 0.562. The lowest BCUT2D eigenvalue weighted by atomic mass is 9.91. The Morgan fingerprint density at radius 1 is 1.00 bits per heavy atom. The predicted molar refractivity (Wildman–Crippen MR) is 73.3 cm³/mol. The van der Waals surface area contributed by atoms with E-state index in [9.17, 15) is 4.79 Å². The molecule has 94 valence electrons. The molecule has 1 nitrogen and oxygen atoms in total. The molecule has 0 aliphatic heterocycles. The smallest absolute Gasteiger partial charge is 0.162 e. The molecule has 0 bridgehead atoms. The molecule has 1 aromatic carbocycles. The lowest BCUT2D eigenvalue weighted by molar-refractivity contribution is 0.0972. The summed E-state index contributed by atoms with van der Waals surface area (Å²) in [5.41, 5.74) is 0.860. The molecule has 0 N–H and O–H groups in total. The molecule has 0 aliphatic rings. The van der Waals surface area contributed by atoms with Gasteiger partial charge in [-0.2, -0.15) is 0 Å². The molecule has 0 amide bonds. The van der Waals surface area contributed by atoms with Crippen LogP contribution in [0.4, 0.5) is 0 Å². The minimum Gasteiger partial charge on any atom is -0.294 e. The summed E-state index contributed by atoms with van der Waals surface area (Å²) in [4.78, 5) is 12.0. The highest BCUT2D eigenvalue weighted by Gasteiger charge is 2.11. The van der Waals surface area contributed by atoms with Gasteiger partial charge >= 0.3 is 0 Å². The first-order valence-electron chi connectivity index (χ1n) is 6.86. The van der Waals surface area contributed by atoms with Crippen molar-refractivity contribution in [2.45, 2.75) is 52.4 Å². The van der Waals surface area contributed by atoms with Gasteiger partial charge in [-0.15, -0.1) is 0 Å². The van der Waals surface area contributed by atoms with Gasteiger partial charge in [0.05, 0.1) is 0 Å². The first-order valence-corrected chi connectivity index (χ1v) is 6.86. The van der Waals surface area contributed by atoms with Crippen LogP contribution in [0.5, 0.6) is 0 Å². The number of hydrogen-bond acceptors (Lipinski definition) is 1. The topological polar surface area (TPSA) is 17.1 Å². The predicted octanol–water partition coefficient (Wildman–Crippen LogP) is 4.87. The van der Waals surface area contributed by atoms with Crippen molar-refractivity contribution in [2.24, 2.45) is 5.92 Å². The molecule has 0 atom stereocenters. The number of hydrogen-bond donors (Lipinski definition) is 0. The van der Waals surface area contributed by atoms with E-state index in [0.717, 1.165) is 17.9 Å². The molecule has 0 aromatic heterocycles. The van der Waals surface area contributed by atoms with Crippen molar-refractivity contribution in [3.63, 3.8) is 0 Å². The average molecular weight is 232 g/mol. The third-order valence-corrected chi connectivity index (χ3v) is 3.27. The van der Waals surface area contributed by atoms with Gasteiger partial charge in [-0.05, 0) is 12.3 Å². The highest BCUT2D eigenvalue weighted by atomic mass is 16.1. The second kappa shape index (κ2) is 8.05. The monoisotopic (exact) mass is 232 g/mol. The molecule has 0 saturated heterocycles. The van der Waals surface area contributed by atoms with Gasteiger partial charge in [0.2, 0.25) is 0 Å². The van der Waals surface area contributed by atoms with E-state index < -0.39 is 0 Å². The average Bonchev–Trinajstić information content (AvgIpc) is 2.37. The van der Waals surface area contributed by atoms with E-state index in [2.05, 4.69) is 13.8 Å². The van der Waals surface area contributed by atoms with Gasteiger partial charge in [-0.25, -0.2) is 0 Å². The Morgan fingerprint density at radius 2 is 1.59 bits per heavy atom. The SMILES string of the molecule is CCCC(CCC)CCC(=O)c1ccccc1. The fourth-order valence-corrected chi connectivity index (χ4v) is 2.35. The van der Waals surface area contributed by atoms with E-state index in [4.69, 9.17) is 0 Å². The summed E-state index contributed by atoms with van der Waals surface area (Å²) >= 11 is 0. The van der Waals surface area contributed by atoms with E-state index in [1.54, 1.807) is 0 Å². The Labute approximate surface area is 105 Å². The van der Waals surface area contributed by atoms with E-state index in [1.807, 2.05) is 30.3 Å². The summed E-state index contributed by atoms with van der Waals surface area (Å²) in [6.45, 7) is 4.45. The zero-order valence-corrected chi connectivity index (χ0v) is 11.1. The van der Waals surface area contributed by atoms with Crippen LogP contribution in [0.15, 0.2) is 30.3 Å². The van der Waals surface area contributed by atoms with Crippen molar-refractivity contribution in [3.8, 4) is 0 Å². The van der Waals surface area contributed by atoms with Gasteiger partial charge in [-0.1, -0.05) is 69.9 Å². The van der Waals surface area contributed by atoms with Crippen molar-refractivity contribution in [3.05, 3.63) is 35.9 Å². The molecular formula is C16H24O. The first kappa shape index (κ1) is 14.0. The van der Waals surface area contributed by atoms with E-state index in [-0.39, 0.29) is 0 Å². The first-order chi connectivity index (χ1) is 8.27. The highest BCUT2D eigenvalue weighted by Crippen LogP contribution is 2.20. The lowest BCUT2D eigenvalue weighted by Gasteiger charge is -2.14. The molecule has 0 saturated carbocycles. The number of rotatable bonds is 8. The van der Waals surface area contributed by atoms with Crippen LogP contribution < -0.4 is 0 Å². The third kappa shape index (κ3) is 5.16. The maximum Gasteiger partial charge on any atom is 0.162 e. The number of ketones is 1. The normalized spacial score (nSPS) is 10.8. The van der Waals surface area contributed by atoms with Crippen molar-refractivity contribution in [1.82, 2.24) is 0 Å². The van der Waals surface area contributed by atoms with Gasteiger partial charge < -0.3 is 0 Å². The second-order valence-electron chi connectivity index (χ2n) is 4.77. The maximum atomic E-state index is 12.0. The summed E-state index contributed by atoms with van der Waals surface area (Å²) in [6, 6.07) is 9.65. The zero-order valence-electron chi connectivity index (χ0n) is 11.1. The van der Waals surface area contributed by atoms with Crippen molar-refractivity contribution < 1.29 is 4.79 Å². The van der Waals surface area contributed by atoms with Crippen LogP contribution >= 0.6 is 0 Å². The number of carbonyl (C=O) groups excluding carboxylic acids is 1. The standard InChI is InChI=1S/C16H24O/c1-3-8-14(9-4-2)12-13-16(17)15-10-6-5-7-11-15/h5-7,10-11,14H,3-4,8-9,12-13H2,1-2H3. The molecular weight excluding hydrogens is 208 g/mol. The van der Waals surface area contributed by atoms with Crippen LogP contribution in [-0.4, -0.2) is 5.78 Å². The summed E-state index contributed by atoms with van der Waals surface area (Å²) in [5.74, 6) is 1.03. The van der Waals surface area contributed by atoms with Crippen LogP contribution in [0.3, 0.4) is 0 Å². The summed E-state index contributed by atoms with van der Waals surface area (Å²) in [6.07, 6.45) is 6.73. The van der Waals surface area contributed by atoms with Gasteiger partial charge in [0.1, 0.15) is 0 Å². The van der Waals surface area contributed by atoms with Crippen LogP contribution in [0.2, 0.25) is 0 Å². The summed E-state index contributed by atoms with van der Waals surface area (Å²) in [5, 5.41) is 0. The Hall–Kier alpha value is -1.11. The molecule has 1 heteroatoms. The summed E-state index contributed by atoms with van der Waals surface area (Å²) in [7, 11) is 0. The second-order valence-corrected chi connectivity index (χ2v) is 4.77. The molecule has 0 radical (unpaired) electrons. The Bertz CT molecular complexity index is 310. The Balaban J connectivity index is 2.41. The van der Waals surface area contributed by atoms with Gasteiger partial charge in [-0.3, -0.25) is 4.79 Å². The van der Waals surface area contributed by atoms with E-state index >= 15 is 0 Å². The van der Waals surface area contributed by atoms with Crippen molar-refractivity contribution in [1.29, 1.82) is 0 Å². The van der Waals surface area contributed by atoms with E-state index in [1.165, 1.54) is 25.7 Å². The number of carbonyl (C=O) groups is 1. The largest absolute Gasteiger partial charge is 0.294 e. The van der Waals surface area contributed by atoms with Crippen LogP contribution in [0.1, 0.15) is 62.7 Å². The maximum absolute atomic E-state index is 12.0. The van der Waals surface area contributed by atoms with Crippen molar-refractivity contribution in [2.75, 3.05) is 0 Å². The van der Waals surface area contributed by atoms with Gasteiger partial charge in [0.25, 0.3) is 0 Å². The van der Waals surface area contributed by atoms with E-state index in [0.29, 0.717) is 12.2 Å². The van der Waals surface area contributed by atoms with Gasteiger partial charge in [0, 0.05) is 12.0 Å². The van der Waals surface area contributed by atoms with Crippen molar-refractivity contribution >= 4 is 5.78 Å².